The van der Waals surface area contributed by atoms with Gasteiger partial charge in [0.1, 0.15) is 0 Å². The van der Waals surface area contributed by atoms with Crippen molar-refractivity contribution in [2.24, 2.45) is 0 Å². The van der Waals surface area contributed by atoms with Crippen LogP contribution < -0.4 is 0 Å². The molecule has 0 N–H and O–H groups in total. The van der Waals surface area contributed by atoms with Gasteiger partial charge in [0.2, 0.25) is 5.91 Å². The van der Waals surface area contributed by atoms with Crippen molar-refractivity contribution in [1.29, 1.82) is 0 Å². The lowest BCUT2D eigenvalue weighted by Gasteiger charge is -2.13. The Balaban J connectivity index is 2.24. The largest absolute Gasteiger partial charge is 0.333 e. The van der Waals surface area contributed by atoms with E-state index in [-0.39, 0.29) is 5.91 Å². The summed E-state index contributed by atoms with van der Waals surface area (Å²) in [6.45, 7) is 0.969. The third-order valence-electron chi connectivity index (χ3n) is 2.04. The first-order chi connectivity index (χ1) is 4.38. The van der Waals surface area contributed by atoms with Gasteiger partial charge in [0, 0.05) is 12.6 Å². The molecule has 0 bridgehead atoms. The fraction of sp³-hybridized carbons (Fsp3) is 0.571. The molecule has 0 aromatic rings. The van der Waals surface area contributed by atoms with Crippen molar-refractivity contribution in [3.8, 4) is 0 Å². The normalized spacial score (nSPS) is 31.8. The molecule has 0 unspecified atom stereocenters. The van der Waals surface area contributed by atoms with Crippen molar-refractivity contribution >= 4 is 5.91 Å². The molecule has 0 aliphatic carbocycles. The summed E-state index contributed by atoms with van der Waals surface area (Å²) in [7, 11) is 0. The molecule has 0 aromatic heterocycles. The van der Waals surface area contributed by atoms with Gasteiger partial charge in [0.15, 0.2) is 0 Å². The summed E-state index contributed by atoms with van der Waals surface area (Å²) >= 11 is 0. The van der Waals surface area contributed by atoms with Crippen LogP contribution in [-0.4, -0.2) is 23.4 Å². The van der Waals surface area contributed by atoms with Gasteiger partial charge in [0.05, 0.1) is 6.04 Å². The van der Waals surface area contributed by atoms with Crippen LogP contribution in [0.1, 0.15) is 12.8 Å². The Morgan fingerprint density at radius 1 is 1.67 bits per heavy atom. The number of hydrogen-bond donors (Lipinski definition) is 0. The summed E-state index contributed by atoms with van der Waals surface area (Å²) < 4.78 is 0. The van der Waals surface area contributed by atoms with E-state index in [0.717, 1.165) is 6.54 Å². The van der Waals surface area contributed by atoms with Crippen molar-refractivity contribution in [3.63, 3.8) is 0 Å². The zero-order chi connectivity index (χ0) is 6.27. The van der Waals surface area contributed by atoms with Gasteiger partial charge in [-0.25, -0.2) is 0 Å². The second-order valence-corrected chi connectivity index (χ2v) is 2.60. The summed E-state index contributed by atoms with van der Waals surface area (Å²) in [4.78, 5) is 12.8. The number of amides is 1. The van der Waals surface area contributed by atoms with Gasteiger partial charge in [0.25, 0.3) is 0 Å². The van der Waals surface area contributed by atoms with Gasteiger partial charge < -0.3 is 4.90 Å². The molecular weight excluding hydrogens is 114 g/mol. The van der Waals surface area contributed by atoms with Gasteiger partial charge in [-0.1, -0.05) is 6.08 Å². The molecule has 0 spiro atoms. The minimum absolute atomic E-state index is 0.206. The van der Waals surface area contributed by atoms with E-state index >= 15 is 0 Å². The van der Waals surface area contributed by atoms with Crippen molar-refractivity contribution in [2.75, 3.05) is 6.54 Å². The minimum Gasteiger partial charge on any atom is -0.333 e. The summed E-state index contributed by atoms with van der Waals surface area (Å²) in [5, 5.41) is 0. The Bertz CT molecular complexity index is 174. The molecule has 2 heterocycles. The van der Waals surface area contributed by atoms with E-state index < -0.39 is 0 Å². The zero-order valence-electron chi connectivity index (χ0n) is 5.21. The molecule has 2 heteroatoms. The van der Waals surface area contributed by atoms with Gasteiger partial charge >= 0.3 is 0 Å². The first-order valence-corrected chi connectivity index (χ1v) is 3.37. The lowest BCUT2D eigenvalue weighted by molar-refractivity contribution is -0.124. The Kier molecular flexibility index (Phi) is 0.891. The van der Waals surface area contributed by atoms with Crippen LogP contribution >= 0.6 is 0 Å². The topological polar surface area (TPSA) is 20.3 Å². The van der Waals surface area contributed by atoms with Crippen LogP contribution in [0.5, 0.6) is 0 Å². The molecule has 48 valence electrons. The molecule has 0 radical (unpaired) electrons. The van der Waals surface area contributed by atoms with Crippen LogP contribution in [0.25, 0.3) is 0 Å². The standard InChI is InChI=1S/C7H9NO/c9-7-4-3-6-2-1-5-8(6)7/h3-4,6H,1-2,5H2/t6-/m0/s1. The van der Waals surface area contributed by atoms with Gasteiger partial charge in [-0.05, 0) is 12.8 Å². The Labute approximate surface area is 54.1 Å². The SMILES string of the molecule is O=C1C=C[C@@H]2CCCN12. The lowest BCUT2D eigenvalue weighted by atomic mass is 10.2. The van der Waals surface area contributed by atoms with Gasteiger partial charge in [-0.15, -0.1) is 0 Å². The molecule has 1 saturated heterocycles. The molecule has 0 aromatic carbocycles. The number of fused-ring (bicyclic) bond motifs is 1. The van der Waals surface area contributed by atoms with Crippen LogP contribution in [0.4, 0.5) is 0 Å². The minimum atomic E-state index is 0.206. The highest BCUT2D eigenvalue weighted by Gasteiger charge is 2.29. The van der Waals surface area contributed by atoms with Gasteiger partial charge in [-0.3, -0.25) is 4.79 Å². The summed E-state index contributed by atoms with van der Waals surface area (Å²) in [5.41, 5.74) is 0. The maximum atomic E-state index is 10.9. The summed E-state index contributed by atoms with van der Waals surface area (Å²) in [6.07, 6.45) is 6.04. The van der Waals surface area contributed by atoms with E-state index in [0.29, 0.717) is 6.04 Å². The number of carbonyl (C=O) groups is 1. The van der Waals surface area contributed by atoms with E-state index in [2.05, 4.69) is 0 Å². The summed E-state index contributed by atoms with van der Waals surface area (Å²) in [5.74, 6) is 0.206. The third kappa shape index (κ3) is 0.590. The van der Waals surface area contributed by atoms with Crippen LogP contribution in [-0.2, 0) is 4.79 Å². The molecule has 9 heavy (non-hydrogen) atoms. The molecule has 2 nitrogen and oxygen atoms in total. The fourth-order valence-corrected chi connectivity index (χ4v) is 1.56. The van der Waals surface area contributed by atoms with E-state index in [1.807, 2.05) is 11.0 Å². The highest BCUT2D eigenvalue weighted by molar-refractivity contribution is 5.90. The molecule has 2 aliphatic heterocycles. The van der Waals surface area contributed by atoms with Gasteiger partial charge in [-0.2, -0.15) is 0 Å². The first-order valence-electron chi connectivity index (χ1n) is 3.37. The smallest absolute Gasteiger partial charge is 0.246 e. The monoisotopic (exact) mass is 123 g/mol. The Hall–Kier alpha value is -0.790. The molecular formula is C7H9NO. The maximum absolute atomic E-state index is 10.9. The predicted octanol–water partition coefficient (Wildman–Crippen LogP) is 0.547. The van der Waals surface area contributed by atoms with E-state index in [9.17, 15) is 4.79 Å². The lowest BCUT2D eigenvalue weighted by Crippen LogP contribution is -2.27. The summed E-state index contributed by atoms with van der Waals surface area (Å²) in [6, 6.07) is 0.456. The number of carbonyl (C=O) groups excluding carboxylic acids is 1. The Morgan fingerprint density at radius 2 is 2.56 bits per heavy atom. The maximum Gasteiger partial charge on any atom is 0.246 e. The molecule has 2 rings (SSSR count). The van der Waals surface area contributed by atoms with Crippen molar-refractivity contribution in [3.05, 3.63) is 12.2 Å². The highest BCUT2D eigenvalue weighted by Crippen LogP contribution is 2.22. The Morgan fingerprint density at radius 3 is 3.33 bits per heavy atom. The predicted molar refractivity (Wildman–Crippen MR) is 33.9 cm³/mol. The van der Waals surface area contributed by atoms with Crippen molar-refractivity contribution in [2.45, 2.75) is 18.9 Å². The number of hydrogen-bond acceptors (Lipinski definition) is 1. The van der Waals surface area contributed by atoms with E-state index in [1.165, 1.54) is 12.8 Å². The van der Waals surface area contributed by atoms with E-state index in [4.69, 9.17) is 0 Å². The highest BCUT2D eigenvalue weighted by atomic mass is 16.2. The third-order valence-corrected chi connectivity index (χ3v) is 2.04. The van der Waals surface area contributed by atoms with Crippen LogP contribution in [0.3, 0.4) is 0 Å². The molecule has 0 saturated carbocycles. The van der Waals surface area contributed by atoms with Crippen LogP contribution in [0.2, 0.25) is 0 Å². The number of rotatable bonds is 0. The molecule has 1 fully saturated rings. The van der Waals surface area contributed by atoms with Crippen LogP contribution in [0.15, 0.2) is 12.2 Å². The quantitative estimate of drug-likeness (QED) is 0.460. The molecule has 2 aliphatic rings. The van der Waals surface area contributed by atoms with Crippen molar-refractivity contribution < 1.29 is 4.79 Å². The zero-order valence-corrected chi connectivity index (χ0v) is 5.21. The van der Waals surface area contributed by atoms with E-state index in [1.54, 1.807) is 6.08 Å². The second-order valence-electron chi connectivity index (χ2n) is 2.60. The fourth-order valence-electron chi connectivity index (χ4n) is 1.56. The first kappa shape index (κ1) is 5.03. The molecule has 1 amide bonds. The average molecular weight is 123 g/mol. The van der Waals surface area contributed by atoms with Crippen molar-refractivity contribution in [1.82, 2.24) is 4.90 Å². The van der Waals surface area contributed by atoms with Crippen LogP contribution in [0, 0.1) is 0 Å². The number of nitrogens with zero attached hydrogens (tertiary/aromatic N) is 1. The average Bonchev–Trinajstić information content (AvgIpc) is 2.35. The molecule has 1 atom stereocenters. The second kappa shape index (κ2) is 1.59.